The Balaban J connectivity index is 1.53. The molecule has 0 atom stereocenters. The van der Waals surface area contributed by atoms with Crippen LogP contribution in [-0.2, 0) is 15.0 Å². The molecule has 2 N–H and O–H groups in total. The third-order valence-corrected chi connectivity index (χ3v) is 4.45. The molecule has 0 unspecified atom stereocenters. The van der Waals surface area contributed by atoms with Crippen LogP contribution in [0.25, 0.3) is 0 Å². The maximum absolute atomic E-state index is 12.3. The lowest BCUT2D eigenvalue weighted by Gasteiger charge is -2.23. The molecule has 1 aliphatic rings. The number of hydrogen-bond donors (Lipinski definition) is 2. The van der Waals surface area contributed by atoms with Gasteiger partial charge in [-0.15, -0.1) is 0 Å². The van der Waals surface area contributed by atoms with E-state index in [1.165, 1.54) is 0 Å². The molecule has 5 nitrogen and oxygen atoms in total. The lowest BCUT2D eigenvalue weighted by molar-refractivity contribution is -0.118. The third-order valence-electron chi connectivity index (χ3n) is 4.45. The molecule has 0 saturated heterocycles. The van der Waals surface area contributed by atoms with Crippen LogP contribution in [-0.4, -0.2) is 18.4 Å². The normalized spacial score (nSPS) is 13.7. The fourth-order valence-corrected chi connectivity index (χ4v) is 2.81. The van der Waals surface area contributed by atoms with E-state index in [1.807, 2.05) is 24.3 Å². The van der Waals surface area contributed by atoms with Crippen molar-refractivity contribution in [1.29, 1.82) is 0 Å². The second-order valence-corrected chi connectivity index (χ2v) is 7.92. The first-order valence-electron chi connectivity index (χ1n) is 9.26. The number of para-hydroxylation sites is 1. The van der Waals surface area contributed by atoms with Crippen LogP contribution in [0.1, 0.15) is 39.2 Å². The van der Waals surface area contributed by atoms with Gasteiger partial charge in [-0.05, 0) is 54.2 Å². The molecule has 0 radical (unpaired) electrons. The topological polar surface area (TPSA) is 67.4 Å². The van der Waals surface area contributed by atoms with Gasteiger partial charge >= 0.3 is 0 Å². The zero-order valence-electron chi connectivity index (χ0n) is 16.0. The van der Waals surface area contributed by atoms with Crippen LogP contribution in [0.5, 0.6) is 5.75 Å². The van der Waals surface area contributed by atoms with Crippen LogP contribution in [0, 0.1) is 5.92 Å². The highest BCUT2D eigenvalue weighted by atomic mass is 16.5. The second kappa shape index (κ2) is 7.82. The monoisotopic (exact) mass is 366 g/mol. The predicted molar refractivity (Wildman–Crippen MR) is 107 cm³/mol. The molecule has 1 fully saturated rings. The van der Waals surface area contributed by atoms with E-state index in [-0.39, 0.29) is 29.8 Å². The quantitative estimate of drug-likeness (QED) is 0.799. The van der Waals surface area contributed by atoms with E-state index in [9.17, 15) is 9.59 Å². The van der Waals surface area contributed by atoms with Gasteiger partial charge in [0, 0.05) is 17.3 Å². The summed E-state index contributed by atoms with van der Waals surface area (Å²) in [6.45, 7) is 6.25. The summed E-state index contributed by atoms with van der Waals surface area (Å²) in [6.07, 6.45) is 1.95. The minimum Gasteiger partial charge on any atom is -0.484 e. The number of carbonyl (C=O) groups excluding carboxylic acids is 2. The zero-order chi connectivity index (χ0) is 19.4. The average molecular weight is 366 g/mol. The molecule has 0 bridgehead atoms. The van der Waals surface area contributed by atoms with Crippen LogP contribution >= 0.6 is 0 Å². The summed E-state index contributed by atoms with van der Waals surface area (Å²) in [5, 5.41) is 5.80. The van der Waals surface area contributed by atoms with E-state index >= 15 is 0 Å². The number of ether oxygens (including phenoxy) is 1. The van der Waals surface area contributed by atoms with Gasteiger partial charge in [-0.2, -0.15) is 0 Å². The Bertz CT molecular complexity index is 818. The van der Waals surface area contributed by atoms with Gasteiger partial charge in [-0.1, -0.05) is 39.0 Å². The lowest BCUT2D eigenvalue weighted by Crippen LogP contribution is -2.23. The Morgan fingerprint density at radius 1 is 1.00 bits per heavy atom. The minimum absolute atomic E-state index is 0.0640. The molecule has 5 heteroatoms. The lowest BCUT2D eigenvalue weighted by atomic mass is 9.86. The molecule has 0 aromatic heterocycles. The van der Waals surface area contributed by atoms with Crippen molar-refractivity contribution in [2.24, 2.45) is 5.92 Å². The van der Waals surface area contributed by atoms with Crippen LogP contribution in [0.4, 0.5) is 11.4 Å². The van der Waals surface area contributed by atoms with Gasteiger partial charge in [0.1, 0.15) is 5.75 Å². The molecule has 1 saturated carbocycles. The Morgan fingerprint density at radius 3 is 2.30 bits per heavy atom. The van der Waals surface area contributed by atoms with Crippen molar-refractivity contribution in [3.05, 3.63) is 54.1 Å². The summed E-state index contributed by atoms with van der Waals surface area (Å²) >= 11 is 0. The van der Waals surface area contributed by atoms with E-state index in [2.05, 4.69) is 31.4 Å². The molecule has 27 heavy (non-hydrogen) atoms. The molecule has 142 valence electrons. The number of amides is 2. The fourth-order valence-electron chi connectivity index (χ4n) is 2.81. The first-order valence-corrected chi connectivity index (χ1v) is 9.26. The average Bonchev–Trinajstić information content (AvgIpc) is 3.46. The molecule has 0 spiro atoms. The van der Waals surface area contributed by atoms with Gasteiger partial charge in [0.05, 0.1) is 0 Å². The Kier molecular flexibility index (Phi) is 5.49. The summed E-state index contributed by atoms with van der Waals surface area (Å²) in [5.41, 5.74) is 2.56. The molecule has 0 heterocycles. The highest BCUT2D eigenvalue weighted by Gasteiger charge is 2.29. The van der Waals surface area contributed by atoms with E-state index < -0.39 is 0 Å². The maximum Gasteiger partial charge on any atom is 0.262 e. The van der Waals surface area contributed by atoms with Gasteiger partial charge in [-0.3, -0.25) is 9.59 Å². The summed E-state index contributed by atoms with van der Waals surface area (Å²) in [5.74, 6) is 0.609. The van der Waals surface area contributed by atoms with Crippen molar-refractivity contribution in [2.75, 3.05) is 17.2 Å². The predicted octanol–water partition coefficient (Wildman–Crippen LogP) is 4.35. The highest BCUT2D eigenvalue weighted by Crippen LogP contribution is 2.30. The van der Waals surface area contributed by atoms with Crippen molar-refractivity contribution in [3.63, 3.8) is 0 Å². The van der Waals surface area contributed by atoms with Gasteiger partial charge < -0.3 is 15.4 Å². The summed E-state index contributed by atoms with van der Waals surface area (Å²) in [7, 11) is 0. The first kappa shape index (κ1) is 19.0. The molecular formula is C22H26N2O3. The van der Waals surface area contributed by atoms with Crippen molar-refractivity contribution < 1.29 is 14.3 Å². The van der Waals surface area contributed by atoms with Crippen LogP contribution < -0.4 is 15.4 Å². The molecule has 2 amide bonds. The van der Waals surface area contributed by atoms with E-state index in [0.717, 1.165) is 29.8 Å². The maximum atomic E-state index is 12.3. The number of anilines is 2. The van der Waals surface area contributed by atoms with Gasteiger partial charge in [0.15, 0.2) is 6.61 Å². The number of nitrogens with one attached hydrogen (secondary N) is 2. The van der Waals surface area contributed by atoms with Crippen molar-refractivity contribution in [3.8, 4) is 5.75 Å². The minimum atomic E-state index is -0.210. The number of benzene rings is 2. The molecule has 1 aliphatic carbocycles. The second-order valence-electron chi connectivity index (χ2n) is 7.92. The van der Waals surface area contributed by atoms with Gasteiger partial charge in [0.25, 0.3) is 5.91 Å². The number of hydrogen-bond acceptors (Lipinski definition) is 3. The summed E-state index contributed by atoms with van der Waals surface area (Å²) in [4.78, 5) is 24.0. The van der Waals surface area contributed by atoms with Crippen molar-refractivity contribution in [1.82, 2.24) is 0 Å². The third kappa shape index (κ3) is 5.33. The van der Waals surface area contributed by atoms with Crippen LogP contribution in [0.2, 0.25) is 0 Å². The molecule has 0 aliphatic heterocycles. The Hall–Kier alpha value is -2.82. The van der Waals surface area contributed by atoms with Crippen molar-refractivity contribution >= 4 is 23.2 Å². The SMILES string of the molecule is CC(C)(C)c1ccccc1NC(=O)COc1ccc(NC(=O)C2CC2)cc1. The standard InChI is InChI=1S/C22H26N2O3/c1-22(2,3)18-6-4-5-7-19(18)24-20(25)14-27-17-12-10-16(11-13-17)23-21(26)15-8-9-15/h4-7,10-13,15H,8-9,14H2,1-3H3,(H,23,26)(H,24,25). The van der Waals surface area contributed by atoms with E-state index in [1.54, 1.807) is 24.3 Å². The van der Waals surface area contributed by atoms with Gasteiger partial charge in [0.2, 0.25) is 5.91 Å². The van der Waals surface area contributed by atoms with Crippen LogP contribution in [0.15, 0.2) is 48.5 Å². The van der Waals surface area contributed by atoms with E-state index in [4.69, 9.17) is 4.74 Å². The zero-order valence-corrected chi connectivity index (χ0v) is 16.0. The molecule has 2 aromatic carbocycles. The van der Waals surface area contributed by atoms with Gasteiger partial charge in [-0.25, -0.2) is 0 Å². The first-order chi connectivity index (χ1) is 12.8. The molecule has 2 aromatic rings. The van der Waals surface area contributed by atoms with E-state index in [0.29, 0.717) is 5.75 Å². The number of carbonyl (C=O) groups is 2. The fraction of sp³-hybridized carbons (Fsp3) is 0.364. The Morgan fingerprint density at radius 2 is 1.67 bits per heavy atom. The highest BCUT2D eigenvalue weighted by molar-refractivity contribution is 5.94. The smallest absolute Gasteiger partial charge is 0.262 e. The molecule has 3 rings (SSSR count). The summed E-state index contributed by atoms with van der Waals surface area (Å²) in [6, 6.07) is 14.8. The van der Waals surface area contributed by atoms with Crippen molar-refractivity contribution in [2.45, 2.75) is 39.0 Å². The number of rotatable bonds is 6. The largest absolute Gasteiger partial charge is 0.484 e. The molecular weight excluding hydrogens is 340 g/mol. The Labute approximate surface area is 160 Å². The van der Waals surface area contributed by atoms with Crippen LogP contribution in [0.3, 0.4) is 0 Å². The summed E-state index contributed by atoms with van der Waals surface area (Å²) < 4.78 is 5.56.